The number of ether oxygens (including phenoxy) is 1. The summed E-state index contributed by atoms with van der Waals surface area (Å²) in [7, 11) is 0. The molecule has 0 fully saturated rings. The highest BCUT2D eigenvalue weighted by atomic mass is 19.3. The Hall–Kier alpha value is -0.960. The van der Waals surface area contributed by atoms with E-state index in [-0.39, 0.29) is 6.61 Å². The molecule has 0 aliphatic heterocycles. The van der Waals surface area contributed by atoms with Gasteiger partial charge in [-0.2, -0.15) is 0 Å². The largest absolute Gasteiger partial charge is 0.376 e. The minimum atomic E-state index is -2.66. The lowest BCUT2D eigenvalue weighted by Crippen LogP contribution is -2.28. The standard InChI is InChI=1S/C17H26F2O/c1-3-4-5-9-12-16(17(2,18)19)14-20-13-15-10-7-6-8-11-15/h6-8,10-11,16H,3-5,9,12-14H2,1-2H3/t16-/m0/s1. The first-order valence-corrected chi connectivity index (χ1v) is 7.53. The molecule has 1 aromatic carbocycles. The molecule has 114 valence electrons. The summed E-state index contributed by atoms with van der Waals surface area (Å²) < 4.78 is 32.6. The van der Waals surface area contributed by atoms with Gasteiger partial charge in [-0.05, 0) is 18.9 Å². The minimum absolute atomic E-state index is 0.129. The highest BCUT2D eigenvalue weighted by molar-refractivity contribution is 5.13. The van der Waals surface area contributed by atoms with Crippen LogP contribution in [0.3, 0.4) is 0 Å². The van der Waals surface area contributed by atoms with Crippen LogP contribution in [0.2, 0.25) is 0 Å². The molecular weight excluding hydrogens is 258 g/mol. The molecule has 0 saturated heterocycles. The van der Waals surface area contributed by atoms with Gasteiger partial charge in [0.05, 0.1) is 13.2 Å². The Morgan fingerprint density at radius 2 is 1.80 bits per heavy atom. The van der Waals surface area contributed by atoms with E-state index in [1.807, 2.05) is 30.3 Å². The van der Waals surface area contributed by atoms with Gasteiger partial charge in [-0.1, -0.05) is 62.9 Å². The average Bonchev–Trinajstić information content (AvgIpc) is 2.41. The maximum Gasteiger partial charge on any atom is 0.250 e. The topological polar surface area (TPSA) is 9.23 Å². The second-order valence-electron chi connectivity index (χ2n) is 5.50. The molecule has 0 saturated carbocycles. The third-order valence-electron chi connectivity index (χ3n) is 3.55. The molecule has 1 rings (SSSR count). The molecule has 0 N–H and O–H groups in total. The number of hydrogen-bond acceptors (Lipinski definition) is 1. The molecule has 0 unspecified atom stereocenters. The molecule has 0 heterocycles. The number of alkyl halides is 2. The van der Waals surface area contributed by atoms with Gasteiger partial charge in [0, 0.05) is 5.92 Å². The molecule has 1 aromatic rings. The number of halogens is 2. The van der Waals surface area contributed by atoms with Gasteiger partial charge in [-0.25, -0.2) is 8.78 Å². The van der Waals surface area contributed by atoms with Gasteiger partial charge in [0.2, 0.25) is 5.92 Å². The highest BCUT2D eigenvalue weighted by Gasteiger charge is 2.33. The van der Waals surface area contributed by atoms with E-state index in [9.17, 15) is 8.78 Å². The summed E-state index contributed by atoms with van der Waals surface area (Å²) >= 11 is 0. The Labute approximate surface area is 121 Å². The molecule has 0 aliphatic carbocycles. The molecule has 0 spiro atoms. The summed E-state index contributed by atoms with van der Waals surface area (Å²) in [6.07, 6.45) is 4.67. The zero-order valence-electron chi connectivity index (χ0n) is 12.6. The van der Waals surface area contributed by atoms with Crippen LogP contribution in [-0.2, 0) is 11.3 Å². The van der Waals surface area contributed by atoms with Crippen LogP contribution in [0.1, 0.15) is 51.5 Å². The third-order valence-corrected chi connectivity index (χ3v) is 3.55. The lowest BCUT2D eigenvalue weighted by Gasteiger charge is -2.23. The lowest BCUT2D eigenvalue weighted by molar-refractivity contribution is -0.0789. The van der Waals surface area contributed by atoms with Crippen LogP contribution in [0.15, 0.2) is 30.3 Å². The predicted octanol–water partition coefficient (Wildman–Crippen LogP) is 5.45. The maximum atomic E-state index is 13.5. The van der Waals surface area contributed by atoms with E-state index < -0.39 is 11.8 Å². The van der Waals surface area contributed by atoms with Crippen LogP contribution < -0.4 is 0 Å². The van der Waals surface area contributed by atoms with E-state index >= 15 is 0 Å². The Morgan fingerprint density at radius 1 is 1.10 bits per heavy atom. The van der Waals surface area contributed by atoms with Crippen LogP contribution in [-0.4, -0.2) is 12.5 Å². The maximum absolute atomic E-state index is 13.5. The normalized spacial score (nSPS) is 13.4. The summed E-state index contributed by atoms with van der Waals surface area (Å²) in [5.74, 6) is -3.34. The van der Waals surface area contributed by atoms with E-state index in [0.29, 0.717) is 13.0 Å². The Kier molecular flexibility index (Phi) is 7.75. The fourth-order valence-electron chi connectivity index (χ4n) is 2.19. The van der Waals surface area contributed by atoms with Crippen molar-refractivity contribution in [1.82, 2.24) is 0 Å². The van der Waals surface area contributed by atoms with Crippen molar-refractivity contribution in [1.29, 1.82) is 0 Å². The quantitative estimate of drug-likeness (QED) is 0.519. The smallest absolute Gasteiger partial charge is 0.250 e. The van der Waals surface area contributed by atoms with Crippen LogP contribution >= 0.6 is 0 Å². The van der Waals surface area contributed by atoms with Crippen molar-refractivity contribution in [2.24, 2.45) is 5.92 Å². The Bertz CT molecular complexity index is 346. The minimum Gasteiger partial charge on any atom is -0.376 e. The van der Waals surface area contributed by atoms with Gasteiger partial charge in [-0.3, -0.25) is 0 Å². The molecule has 0 aromatic heterocycles. The molecular formula is C17H26F2O. The van der Waals surface area contributed by atoms with Crippen LogP contribution in [0.5, 0.6) is 0 Å². The summed E-state index contributed by atoms with van der Waals surface area (Å²) in [6, 6.07) is 9.67. The second-order valence-corrected chi connectivity index (χ2v) is 5.50. The number of unbranched alkanes of at least 4 members (excludes halogenated alkanes) is 3. The molecule has 0 amide bonds. The zero-order chi connectivity index (χ0) is 14.8. The van der Waals surface area contributed by atoms with Crippen LogP contribution in [0, 0.1) is 5.92 Å². The van der Waals surface area contributed by atoms with Crippen molar-refractivity contribution >= 4 is 0 Å². The van der Waals surface area contributed by atoms with Gasteiger partial charge < -0.3 is 4.74 Å². The summed E-state index contributed by atoms with van der Waals surface area (Å²) in [6.45, 7) is 3.66. The Balaban J connectivity index is 2.33. The van der Waals surface area contributed by atoms with Crippen molar-refractivity contribution < 1.29 is 13.5 Å². The summed E-state index contributed by atoms with van der Waals surface area (Å²) in [5.41, 5.74) is 1.02. The Morgan fingerprint density at radius 3 is 2.40 bits per heavy atom. The monoisotopic (exact) mass is 284 g/mol. The third kappa shape index (κ3) is 6.99. The SMILES string of the molecule is CCCCCC[C@@H](COCc1ccccc1)C(C)(F)F. The van der Waals surface area contributed by atoms with Crippen molar-refractivity contribution in [3.63, 3.8) is 0 Å². The molecule has 1 nitrogen and oxygen atoms in total. The molecule has 1 atom stereocenters. The van der Waals surface area contributed by atoms with E-state index in [0.717, 1.165) is 38.2 Å². The molecule has 20 heavy (non-hydrogen) atoms. The van der Waals surface area contributed by atoms with Crippen molar-refractivity contribution in [2.45, 2.75) is 58.5 Å². The van der Waals surface area contributed by atoms with Crippen molar-refractivity contribution in [2.75, 3.05) is 6.61 Å². The fourth-order valence-corrected chi connectivity index (χ4v) is 2.19. The first kappa shape index (κ1) is 17.1. The van der Waals surface area contributed by atoms with E-state index in [4.69, 9.17) is 4.74 Å². The van der Waals surface area contributed by atoms with E-state index in [2.05, 4.69) is 6.92 Å². The van der Waals surface area contributed by atoms with Gasteiger partial charge in [0.15, 0.2) is 0 Å². The van der Waals surface area contributed by atoms with Gasteiger partial charge in [0.25, 0.3) is 0 Å². The summed E-state index contributed by atoms with van der Waals surface area (Å²) in [4.78, 5) is 0. The first-order chi connectivity index (χ1) is 9.54. The summed E-state index contributed by atoms with van der Waals surface area (Å²) in [5, 5.41) is 0. The predicted molar refractivity (Wildman–Crippen MR) is 79.0 cm³/mol. The van der Waals surface area contributed by atoms with Crippen LogP contribution in [0.25, 0.3) is 0 Å². The number of benzene rings is 1. The molecule has 0 bridgehead atoms. The lowest BCUT2D eigenvalue weighted by atomic mass is 9.96. The average molecular weight is 284 g/mol. The second kappa shape index (κ2) is 9.06. The fraction of sp³-hybridized carbons (Fsp3) is 0.647. The van der Waals surface area contributed by atoms with Gasteiger partial charge in [0.1, 0.15) is 0 Å². The van der Waals surface area contributed by atoms with Crippen LogP contribution in [0.4, 0.5) is 8.78 Å². The van der Waals surface area contributed by atoms with Crippen molar-refractivity contribution in [3.8, 4) is 0 Å². The molecule has 0 radical (unpaired) electrons. The molecule has 0 aliphatic rings. The van der Waals surface area contributed by atoms with Crippen molar-refractivity contribution in [3.05, 3.63) is 35.9 Å². The van der Waals surface area contributed by atoms with E-state index in [1.54, 1.807) is 0 Å². The highest BCUT2D eigenvalue weighted by Crippen LogP contribution is 2.29. The zero-order valence-corrected chi connectivity index (χ0v) is 12.6. The number of hydrogen-bond donors (Lipinski definition) is 0. The van der Waals surface area contributed by atoms with Gasteiger partial charge >= 0.3 is 0 Å². The van der Waals surface area contributed by atoms with Gasteiger partial charge in [-0.15, -0.1) is 0 Å². The molecule has 3 heteroatoms. The van der Waals surface area contributed by atoms with E-state index in [1.165, 1.54) is 0 Å². The first-order valence-electron chi connectivity index (χ1n) is 7.53. The number of rotatable bonds is 10.